The monoisotopic (exact) mass is 286 g/mol. The smallest absolute Gasteiger partial charge is 0.225 e. The number of nitrogens with one attached hydrogen (secondary N) is 2. The van der Waals surface area contributed by atoms with Crippen LogP contribution in [0.3, 0.4) is 0 Å². The predicted molar refractivity (Wildman–Crippen MR) is 80.4 cm³/mol. The minimum absolute atomic E-state index is 0.0348. The third-order valence-electron chi connectivity index (χ3n) is 2.56. The molecule has 0 aliphatic rings. The number of carbonyl (C=O) groups is 2. The second kappa shape index (κ2) is 9.75. The highest BCUT2D eigenvalue weighted by Gasteiger charge is 2.20. The van der Waals surface area contributed by atoms with Gasteiger partial charge in [0.1, 0.15) is 0 Å². The highest BCUT2D eigenvalue weighted by molar-refractivity contribution is 5.82. The maximum Gasteiger partial charge on any atom is 0.225 e. The zero-order valence-electron chi connectivity index (χ0n) is 13.5. The summed E-state index contributed by atoms with van der Waals surface area (Å²) in [6, 6.07) is 0. The molecular weight excluding hydrogens is 256 g/mol. The van der Waals surface area contributed by atoms with Crippen LogP contribution < -0.4 is 10.6 Å². The minimum atomic E-state index is -0.412. The fraction of sp³-hybridized carbons (Fsp3) is 0.867. The Kier molecular flexibility index (Phi) is 9.21. The second-order valence-electron chi connectivity index (χ2n) is 6.43. The topological polar surface area (TPSA) is 67.4 Å². The summed E-state index contributed by atoms with van der Waals surface area (Å²) >= 11 is 0. The lowest BCUT2D eigenvalue weighted by atomic mass is 9.96. The summed E-state index contributed by atoms with van der Waals surface area (Å²) in [4.78, 5) is 23.1. The lowest BCUT2D eigenvalue weighted by Crippen LogP contribution is -2.37. The molecule has 2 amide bonds. The van der Waals surface area contributed by atoms with E-state index in [0.717, 1.165) is 13.0 Å². The molecule has 118 valence electrons. The van der Waals surface area contributed by atoms with E-state index in [9.17, 15) is 9.59 Å². The van der Waals surface area contributed by atoms with Gasteiger partial charge in [0.2, 0.25) is 11.8 Å². The van der Waals surface area contributed by atoms with Crippen molar-refractivity contribution in [3.8, 4) is 0 Å². The van der Waals surface area contributed by atoms with Gasteiger partial charge >= 0.3 is 0 Å². The highest BCUT2D eigenvalue weighted by atomic mass is 16.5. The Hall–Kier alpha value is -1.10. The Balaban J connectivity index is 3.49. The van der Waals surface area contributed by atoms with Gasteiger partial charge in [0.05, 0.1) is 0 Å². The predicted octanol–water partition coefficient (Wildman–Crippen LogP) is 1.72. The van der Waals surface area contributed by atoms with Gasteiger partial charge in [-0.05, 0) is 12.3 Å². The number of hydrogen-bond acceptors (Lipinski definition) is 3. The average Bonchev–Trinajstić information content (AvgIpc) is 2.31. The molecule has 5 nitrogen and oxygen atoms in total. The van der Waals surface area contributed by atoms with Gasteiger partial charge in [0.25, 0.3) is 0 Å². The molecule has 0 aromatic rings. The first kappa shape index (κ1) is 18.9. The molecule has 5 heteroatoms. The molecule has 0 aromatic heterocycles. The number of amides is 2. The molecule has 0 aliphatic heterocycles. The van der Waals surface area contributed by atoms with Gasteiger partial charge < -0.3 is 15.4 Å². The van der Waals surface area contributed by atoms with Crippen molar-refractivity contribution in [1.82, 2.24) is 10.6 Å². The summed E-state index contributed by atoms with van der Waals surface area (Å²) in [7, 11) is 0. The molecule has 0 atom stereocenters. The molecule has 20 heavy (non-hydrogen) atoms. The fourth-order valence-electron chi connectivity index (χ4n) is 1.36. The lowest BCUT2D eigenvalue weighted by Gasteiger charge is -2.17. The standard InChI is InChI=1S/C15H30N2O3/c1-12(2)11-20-10-6-8-16-13(18)7-9-17-14(19)15(3,4)5/h12H,6-11H2,1-5H3,(H,16,18)(H,17,19). The number of rotatable bonds is 9. The summed E-state index contributed by atoms with van der Waals surface area (Å²) in [5.41, 5.74) is -0.412. The Morgan fingerprint density at radius 3 is 2.30 bits per heavy atom. The van der Waals surface area contributed by atoms with Gasteiger partial charge in [0, 0.05) is 38.1 Å². The third-order valence-corrected chi connectivity index (χ3v) is 2.56. The summed E-state index contributed by atoms with van der Waals surface area (Å²) < 4.78 is 5.42. The van der Waals surface area contributed by atoms with Crippen molar-refractivity contribution in [2.45, 2.75) is 47.5 Å². The first-order valence-electron chi connectivity index (χ1n) is 7.36. The molecule has 0 saturated carbocycles. The van der Waals surface area contributed by atoms with E-state index in [1.807, 2.05) is 20.8 Å². The fourth-order valence-corrected chi connectivity index (χ4v) is 1.36. The van der Waals surface area contributed by atoms with Crippen LogP contribution >= 0.6 is 0 Å². The van der Waals surface area contributed by atoms with Gasteiger partial charge in [0.15, 0.2) is 0 Å². The van der Waals surface area contributed by atoms with Crippen molar-refractivity contribution in [2.24, 2.45) is 11.3 Å². The Bertz CT molecular complexity index is 296. The van der Waals surface area contributed by atoms with Crippen molar-refractivity contribution in [3.63, 3.8) is 0 Å². The van der Waals surface area contributed by atoms with Gasteiger partial charge in [-0.25, -0.2) is 0 Å². The molecule has 0 aliphatic carbocycles. The maximum absolute atomic E-state index is 11.6. The van der Waals surface area contributed by atoms with E-state index in [0.29, 0.717) is 32.0 Å². The van der Waals surface area contributed by atoms with Crippen LogP contribution in [0.4, 0.5) is 0 Å². The van der Waals surface area contributed by atoms with E-state index in [4.69, 9.17) is 4.74 Å². The Morgan fingerprint density at radius 1 is 1.10 bits per heavy atom. The maximum atomic E-state index is 11.6. The molecule has 0 rings (SSSR count). The Morgan fingerprint density at radius 2 is 1.75 bits per heavy atom. The van der Waals surface area contributed by atoms with Crippen LogP contribution in [0.2, 0.25) is 0 Å². The van der Waals surface area contributed by atoms with E-state index < -0.39 is 5.41 Å². The second-order valence-corrected chi connectivity index (χ2v) is 6.43. The lowest BCUT2D eigenvalue weighted by molar-refractivity contribution is -0.128. The van der Waals surface area contributed by atoms with Gasteiger partial charge in [-0.2, -0.15) is 0 Å². The van der Waals surface area contributed by atoms with E-state index >= 15 is 0 Å². The van der Waals surface area contributed by atoms with Crippen LogP contribution in [0.15, 0.2) is 0 Å². The van der Waals surface area contributed by atoms with Gasteiger partial charge in [-0.1, -0.05) is 34.6 Å². The molecular formula is C15H30N2O3. The van der Waals surface area contributed by atoms with Crippen molar-refractivity contribution < 1.29 is 14.3 Å². The zero-order chi connectivity index (χ0) is 15.6. The van der Waals surface area contributed by atoms with Crippen molar-refractivity contribution in [1.29, 1.82) is 0 Å². The van der Waals surface area contributed by atoms with E-state index in [1.165, 1.54) is 0 Å². The average molecular weight is 286 g/mol. The summed E-state index contributed by atoms with van der Waals surface area (Å²) in [5, 5.41) is 5.57. The molecule has 0 fully saturated rings. The van der Waals surface area contributed by atoms with Crippen LogP contribution in [0.25, 0.3) is 0 Å². The number of carbonyl (C=O) groups excluding carboxylic acids is 2. The van der Waals surface area contributed by atoms with E-state index in [1.54, 1.807) is 0 Å². The van der Waals surface area contributed by atoms with Gasteiger partial charge in [-0.3, -0.25) is 9.59 Å². The third kappa shape index (κ3) is 10.8. The normalized spacial score (nSPS) is 11.5. The minimum Gasteiger partial charge on any atom is -0.381 e. The largest absolute Gasteiger partial charge is 0.381 e. The van der Waals surface area contributed by atoms with Crippen molar-refractivity contribution in [3.05, 3.63) is 0 Å². The van der Waals surface area contributed by atoms with Crippen LogP contribution in [0, 0.1) is 11.3 Å². The van der Waals surface area contributed by atoms with E-state index in [2.05, 4.69) is 24.5 Å². The molecule has 0 bridgehead atoms. The van der Waals surface area contributed by atoms with Crippen LogP contribution in [-0.2, 0) is 14.3 Å². The first-order valence-corrected chi connectivity index (χ1v) is 7.36. The summed E-state index contributed by atoms with van der Waals surface area (Å²) in [6.45, 7) is 12.2. The number of hydrogen-bond donors (Lipinski definition) is 2. The first-order chi connectivity index (χ1) is 9.23. The van der Waals surface area contributed by atoms with E-state index in [-0.39, 0.29) is 11.8 Å². The molecule has 0 radical (unpaired) electrons. The summed E-state index contributed by atoms with van der Waals surface area (Å²) in [6.07, 6.45) is 1.13. The molecule has 2 N–H and O–H groups in total. The van der Waals surface area contributed by atoms with Crippen molar-refractivity contribution in [2.75, 3.05) is 26.3 Å². The molecule has 0 unspecified atom stereocenters. The quantitative estimate of drug-likeness (QED) is 0.634. The molecule has 0 saturated heterocycles. The van der Waals surface area contributed by atoms with Crippen LogP contribution in [-0.4, -0.2) is 38.1 Å². The Labute approximate surface area is 122 Å². The van der Waals surface area contributed by atoms with Crippen LogP contribution in [0.1, 0.15) is 47.5 Å². The summed E-state index contributed by atoms with van der Waals surface area (Å²) in [5.74, 6) is 0.464. The molecule has 0 spiro atoms. The molecule has 0 heterocycles. The van der Waals surface area contributed by atoms with Gasteiger partial charge in [-0.15, -0.1) is 0 Å². The highest BCUT2D eigenvalue weighted by Crippen LogP contribution is 2.11. The molecule has 0 aromatic carbocycles. The SMILES string of the molecule is CC(C)COCCCNC(=O)CCNC(=O)C(C)(C)C. The zero-order valence-corrected chi connectivity index (χ0v) is 13.5. The van der Waals surface area contributed by atoms with Crippen LogP contribution in [0.5, 0.6) is 0 Å². The number of ether oxygens (including phenoxy) is 1. The van der Waals surface area contributed by atoms with Crippen molar-refractivity contribution >= 4 is 11.8 Å².